The highest BCUT2D eigenvalue weighted by Gasteiger charge is 2.27. The van der Waals surface area contributed by atoms with Crippen molar-refractivity contribution in [2.45, 2.75) is 51.4 Å². The highest BCUT2D eigenvalue weighted by molar-refractivity contribution is 7.99. The molecule has 1 aromatic carbocycles. The number of hydrogen-bond donors (Lipinski definition) is 0. The lowest BCUT2D eigenvalue weighted by molar-refractivity contribution is -0.130. The van der Waals surface area contributed by atoms with Crippen molar-refractivity contribution in [1.29, 1.82) is 0 Å². The number of carbonyl (C=O) groups excluding carboxylic acids is 1. The summed E-state index contributed by atoms with van der Waals surface area (Å²) in [5, 5.41) is 9.85. The van der Waals surface area contributed by atoms with Gasteiger partial charge in [-0.3, -0.25) is 9.69 Å². The van der Waals surface area contributed by atoms with Crippen molar-refractivity contribution >= 4 is 17.7 Å². The molecule has 3 atom stereocenters. The smallest absolute Gasteiger partial charge is 0.233 e. The minimum atomic E-state index is 0.190. The largest absolute Gasteiger partial charge is 0.341 e. The van der Waals surface area contributed by atoms with Crippen LogP contribution in [0.15, 0.2) is 35.5 Å². The molecule has 1 aliphatic rings. The summed E-state index contributed by atoms with van der Waals surface area (Å²) in [7, 11) is 4.15. The van der Waals surface area contributed by atoms with Gasteiger partial charge in [0.15, 0.2) is 11.0 Å². The molecule has 1 saturated heterocycles. The number of likely N-dealkylation sites (tertiary alicyclic amines) is 1. The molecule has 0 unspecified atom stereocenters. The maximum absolute atomic E-state index is 12.9. The Kier molecular flexibility index (Phi) is 7.94. The fourth-order valence-corrected chi connectivity index (χ4v) is 5.28. The Balaban J connectivity index is 1.78. The first-order chi connectivity index (χ1) is 14.4. The molecule has 1 amide bonds. The summed E-state index contributed by atoms with van der Waals surface area (Å²) in [6, 6.07) is 10.6. The molecule has 1 aliphatic heterocycles. The van der Waals surface area contributed by atoms with E-state index in [2.05, 4.69) is 78.8 Å². The zero-order valence-corrected chi connectivity index (χ0v) is 19.7. The Hall–Kier alpha value is -1.86. The SMILES string of the molecule is CC[C@@H](c1nnc(SCC(=O)N2C[C@@H](C)C[C@H](C)C2)n1Cc1ccccc1)N(C)C. The lowest BCUT2D eigenvalue weighted by atomic mass is 9.92. The van der Waals surface area contributed by atoms with Gasteiger partial charge in [-0.2, -0.15) is 0 Å². The van der Waals surface area contributed by atoms with Crippen LogP contribution in [0.5, 0.6) is 0 Å². The van der Waals surface area contributed by atoms with Crippen LogP contribution in [0.1, 0.15) is 51.0 Å². The second kappa shape index (κ2) is 10.4. The van der Waals surface area contributed by atoms with Crippen molar-refractivity contribution < 1.29 is 4.79 Å². The predicted molar refractivity (Wildman–Crippen MR) is 123 cm³/mol. The van der Waals surface area contributed by atoms with E-state index in [0.29, 0.717) is 24.1 Å². The van der Waals surface area contributed by atoms with Crippen LogP contribution in [0.3, 0.4) is 0 Å². The van der Waals surface area contributed by atoms with E-state index in [1.807, 2.05) is 11.0 Å². The Bertz CT molecular complexity index is 812. The van der Waals surface area contributed by atoms with Crippen LogP contribution in [0.25, 0.3) is 0 Å². The Morgan fingerprint density at radius 2 is 1.83 bits per heavy atom. The van der Waals surface area contributed by atoms with Gasteiger partial charge in [-0.1, -0.05) is 62.9 Å². The van der Waals surface area contributed by atoms with Crippen molar-refractivity contribution in [2.24, 2.45) is 11.8 Å². The van der Waals surface area contributed by atoms with Crippen molar-refractivity contribution in [1.82, 2.24) is 24.6 Å². The van der Waals surface area contributed by atoms with E-state index in [-0.39, 0.29) is 11.9 Å². The minimum Gasteiger partial charge on any atom is -0.341 e. The van der Waals surface area contributed by atoms with E-state index >= 15 is 0 Å². The van der Waals surface area contributed by atoms with E-state index in [1.54, 1.807) is 0 Å². The minimum absolute atomic E-state index is 0.190. The monoisotopic (exact) mass is 429 g/mol. The normalized spacial score (nSPS) is 20.5. The molecule has 2 aromatic rings. The number of thioether (sulfide) groups is 1. The number of carbonyl (C=O) groups is 1. The fraction of sp³-hybridized carbons (Fsp3) is 0.609. The van der Waals surface area contributed by atoms with E-state index in [9.17, 15) is 4.79 Å². The van der Waals surface area contributed by atoms with Crippen molar-refractivity contribution in [3.05, 3.63) is 41.7 Å². The zero-order valence-electron chi connectivity index (χ0n) is 18.9. The molecule has 3 rings (SSSR count). The summed E-state index contributed by atoms with van der Waals surface area (Å²) in [6.07, 6.45) is 2.15. The maximum Gasteiger partial charge on any atom is 0.233 e. The molecule has 0 saturated carbocycles. The number of amides is 1. The molecule has 2 heterocycles. The number of aromatic nitrogens is 3. The van der Waals surface area contributed by atoms with Gasteiger partial charge in [-0.15, -0.1) is 10.2 Å². The average molecular weight is 430 g/mol. The lowest BCUT2D eigenvalue weighted by Crippen LogP contribution is -2.43. The summed E-state index contributed by atoms with van der Waals surface area (Å²) in [6.45, 7) is 9.08. The second-order valence-corrected chi connectivity index (χ2v) is 9.78. The number of piperidine rings is 1. The van der Waals surface area contributed by atoms with Crippen LogP contribution in [0.4, 0.5) is 0 Å². The number of benzene rings is 1. The molecule has 1 aromatic heterocycles. The van der Waals surface area contributed by atoms with Gasteiger partial charge in [0.1, 0.15) is 0 Å². The fourth-order valence-electron chi connectivity index (χ4n) is 4.43. The molecule has 0 aliphatic carbocycles. The molecular weight excluding hydrogens is 394 g/mol. The van der Waals surface area contributed by atoms with Gasteiger partial charge in [0.25, 0.3) is 0 Å². The van der Waals surface area contributed by atoms with Gasteiger partial charge in [-0.25, -0.2) is 0 Å². The Labute approximate surface area is 185 Å². The van der Waals surface area contributed by atoms with Crippen LogP contribution in [0.2, 0.25) is 0 Å². The van der Waals surface area contributed by atoms with Gasteiger partial charge in [-0.05, 0) is 44.3 Å². The molecule has 7 heteroatoms. The Morgan fingerprint density at radius 1 is 1.17 bits per heavy atom. The zero-order chi connectivity index (χ0) is 21.7. The third kappa shape index (κ3) is 5.64. The molecule has 0 radical (unpaired) electrons. The highest BCUT2D eigenvalue weighted by atomic mass is 32.2. The quantitative estimate of drug-likeness (QED) is 0.595. The van der Waals surface area contributed by atoms with E-state index < -0.39 is 0 Å². The van der Waals surface area contributed by atoms with Gasteiger partial charge in [0.05, 0.1) is 18.3 Å². The van der Waals surface area contributed by atoms with Gasteiger partial charge in [0, 0.05) is 13.1 Å². The first kappa shape index (κ1) is 22.8. The molecule has 30 heavy (non-hydrogen) atoms. The molecule has 0 spiro atoms. The van der Waals surface area contributed by atoms with Crippen LogP contribution >= 0.6 is 11.8 Å². The highest BCUT2D eigenvalue weighted by Crippen LogP contribution is 2.27. The standard InChI is InChI=1S/C23H35N5OS/c1-6-20(26(4)5)22-24-25-23(28(22)15-19-10-8-7-9-11-19)30-16-21(29)27-13-17(2)12-18(3)14-27/h7-11,17-18,20H,6,12-16H2,1-5H3/t17-,18-,20-/m0/s1. The van der Waals surface area contributed by atoms with Gasteiger partial charge in [0.2, 0.25) is 5.91 Å². The molecule has 0 bridgehead atoms. The summed E-state index contributed by atoms with van der Waals surface area (Å²) in [4.78, 5) is 17.1. The molecule has 0 N–H and O–H groups in total. The predicted octanol–water partition coefficient (Wildman–Crippen LogP) is 3.94. The van der Waals surface area contributed by atoms with Crippen LogP contribution in [0, 0.1) is 11.8 Å². The molecular formula is C23H35N5OS. The topological polar surface area (TPSA) is 54.3 Å². The summed E-state index contributed by atoms with van der Waals surface area (Å²) in [5.41, 5.74) is 1.21. The van der Waals surface area contributed by atoms with Crippen molar-refractivity contribution in [3.63, 3.8) is 0 Å². The van der Waals surface area contributed by atoms with E-state index in [1.165, 1.54) is 23.7 Å². The molecule has 164 valence electrons. The first-order valence-corrected chi connectivity index (χ1v) is 11.9. The van der Waals surface area contributed by atoms with E-state index in [0.717, 1.165) is 30.5 Å². The summed E-state index contributed by atoms with van der Waals surface area (Å²) >= 11 is 1.51. The van der Waals surface area contributed by atoms with Crippen molar-refractivity contribution in [3.8, 4) is 0 Å². The third-order valence-electron chi connectivity index (χ3n) is 5.78. The lowest BCUT2D eigenvalue weighted by Gasteiger charge is -2.35. The second-order valence-electron chi connectivity index (χ2n) is 8.83. The average Bonchev–Trinajstić information content (AvgIpc) is 3.08. The first-order valence-electron chi connectivity index (χ1n) is 10.9. The van der Waals surface area contributed by atoms with Crippen molar-refractivity contribution in [2.75, 3.05) is 32.9 Å². The van der Waals surface area contributed by atoms with Crippen LogP contribution < -0.4 is 0 Å². The van der Waals surface area contributed by atoms with Crippen LogP contribution in [-0.2, 0) is 11.3 Å². The number of nitrogens with zero attached hydrogens (tertiary/aromatic N) is 5. The summed E-state index contributed by atoms with van der Waals surface area (Å²) in [5.74, 6) is 2.71. The number of hydrogen-bond acceptors (Lipinski definition) is 5. The number of rotatable bonds is 8. The Morgan fingerprint density at radius 3 is 2.43 bits per heavy atom. The van der Waals surface area contributed by atoms with E-state index in [4.69, 9.17) is 0 Å². The summed E-state index contributed by atoms with van der Waals surface area (Å²) < 4.78 is 2.18. The molecule has 1 fully saturated rings. The van der Waals surface area contributed by atoms with Crippen LogP contribution in [-0.4, -0.2) is 63.4 Å². The third-order valence-corrected chi connectivity index (χ3v) is 6.73. The molecule has 6 nitrogen and oxygen atoms in total. The van der Waals surface area contributed by atoms with Gasteiger partial charge >= 0.3 is 0 Å². The maximum atomic E-state index is 12.9. The van der Waals surface area contributed by atoms with Gasteiger partial charge < -0.3 is 9.47 Å².